The Bertz CT molecular complexity index is 727. The zero-order chi connectivity index (χ0) is 17.9. The fourth-order valence-corrected chi connectivity index (χ4v) is 4.22. The Morgan fingerprint density at radius 2 is 1.84 bits per heavy atom. The zero-order valence-electron chi connectivity index (χ0n) is 14.1. The number of ether oxygens (including phenoxy) is 2. The van der Waals surface area contributed by atoms with Crippen LogP contribution in [0.15, 0.2) is 23.1 Å². The topological polar surface area (TPSA) is 98.9 Å². The van der Waals surface area contributed by atoms with Gasteiger partial charge in [0.25, 0.3) is 0 Å². The molecule has 0 atom stereocenters. The minimum Gasteiger partial charge on any atom is -0.490 e. The van der Waals surface area contributed by atoms with Crippen molar-refractivity contribution in [2.45, 2.75) is 36.6 Å². The third kappa shape index (κ3) is 4.43. The number of hydrogen-bond acceptors (Lipinski definition) is 6. The van der Waals surface area contributed by atoms with Gasteiger partial charge in [-0.2, -0.15) is 0 Å². The summed E-state index contributed by atoms with van der Waals surface area (Å²) in [5.41, 5.74) is 5.83. The van der Waals surface area contributed by atoms with Crippen LogP contribution in [0, 0.1) is 0 Å². The smallest absolute Gasteiger partial charge is 0.223 e. The van der Waals surface area contributed by atoms with Gasteiger partial charge in [-0.05, 0) is 25.0 Å². The number of fused-ring (bicyclic) bond motifs is 1. The molecule has 3 rings (SSSR count). The molecule has 1 saturated heterocycles. The molecule has 7 nitrogen and oxygen atoms in total. The number of nitrogens with zero attached hydrogens (tertiary/aromatic N) is 1. The van der Waals surface area contributed by atoms with Crippen LogP contribution in [0.2, 0.25) is 0 Å². The molecular formula is C17H24N2O5S. The van der Waals surface area contributed by atoms with Gasteiger partial charge in [0.1, 0.15) is 0 Å². The normalized spacial score (nSPS) is 18.7. The lowest BCUT2D eigenvalue weighted by Gasteiger charge is -2.30. The van der Waals surface area contributed by atoms with Gasteiger partial charge in [-0.15, -0.1) is 0 Å². The average molecular weight is 368 g/mol. The molecule has 8 heteroatoms. The molecule has 0 radical (unpaired) electrons. The second-order valence-corrected chi connectivity index (χ2v) is 8.56. The van der Waals surface area contributed by atoms with Crippen LogP contribution in [0.4, 0.5) is 0 Å². The highest BCUT2D eigenvalue weighted by atomic mass is 32.2. The summed E-state index contributed by atoms with van der Waals surface area (Å²) in [5.74, 6) is 0.644. The SMILES string of the molecule is NC1CCN(C(=O)CCS(=O)(=O)c2ccc3c(c2)OCCCO3)CC1. The Hall–Kier alpha value is -1.80. The van der Waals surface area contributed by atoms with Crippen molar-refractivity contribution >= 4 is 15.7 Å². The molecule has 1 amide bonds. The van der Waals surface area contributed by atoms with Crippen LogP contribution in [-0.4, -0.2) is 57.3 Å². The quantitative estimate of drug-likeness (QED) is 0.850. The molecule has 1 fully saturated rings. The van der Waals surface area contributed by atoms with E-state index in [2.05, 4.69) is 0 Å². The first-order chi connectivity index (χ1) is 12.0. The molecule has 1 aromatic rings. The van der Waals surface area contributed by atoms with E-state index in [4.69, 9.17) is 15.2 Å². The molecule has 0 bridgehead atoms. The number of hydrogen-bond donors (Lipinski definition) is 1. The average Bonchev–Trinajstić information content (AvgIpc) is 2.85. The molecule has 1 aromatic carbocycles. The third-order valence-electron chi connectivity index (χ3n) is 4.56. The summed E-state index contributed by atoms with van der Waals surface area (Å²) in [6, 6.07) is 4.74. The number of nitrogens with two attached hydrogens (primary N) is 1. The molecular weight excluding hydrogens is 344 g/mol. The molecule has 0 spiro atoms. The largest absolute Gasteiger partial charge is 0.490 e. The van der Waals surface area contributed by atoms with Crippen LogP contribution in [0.3, 0.4) is 0 Å². The highest BCUT2D eigenvalue weighted by Crippen LogP contribution is 2.32. The molecule has 0 saturated carbocycles. The van der Waals surface area contributed by atoms with Gasteiger partial charge in [-0.3, -0.25) is 4.79 Å². The standard InChI is InChI=1S/C17H24N2O5S/c18-13-4-7-19(8-5-13)17(20)6-11-25(21,22)14-2-3-15-16(12-14)24-10-1-9-23-15/h2-3,12-13H,1,4-11,18H2. The molecule has 2 N–H and O–H groups in total. The summed E-state index contributed by atoms with van der Waals surface area (Å²) in [6.07, 6.45) is 2.26. The van der Waals surface area contributed by atoms with Crippen LogP contribution in [0.1, 0.15) is 25.7 Å². The van der Waals surface area contributed by atoms with E-state index in [0.29, 0.717) is 37.8 Å². The van der Waals surface area contributed by atoms with Crippen molar-refractivity contribution < 1.29 is 22.7 Å². The highest BCUT2D eigenvalue weighted by molar-refractivity contribution is 7.91. The summed E-state index contributed by atoms with van der Waals surface area (Å²) in [5, 5.41) is 0. The Balaban J connectivity index is 1.64. The van der Waals surface area contributed by atoms with Gasteiger partial charge in [0.2, 0.25) is 5.91 Å². The van der Waals surface area contributed by atoms with E-state index in [-0.39, 0.29) is 29.0 Å². The van der Waals surface area contributed by atoms with Crippen LogP contribution >= 0.6 is 0 Å². The first kappa shape index (κ1) is 18.0. The van der Waals surface area contributed by atoms with Crippen molar-refractivity contribution in [2.24, 2.45) is 5.73 Å². The van der Waals surface area contributed by atoms with E-state index in [9.17, 15) is 13.2 Å². The summed E-state index contributed by atoms with van der Waals surface area (Å²) >= 11 is 0. The number of likely N-dealkylation sites (tertiary alicyclic amines) is 1. The summed E-state index contributed by atoms with van der Waals surface area (Å²) < 4.78 is 36.2. The van der Waals surface area contributed by atoms with Gasteiger partial charge in [0, 0.05) is 38.0 Å². The van der Waals surface area contributed by atoms with E-state index in [1.165, 1.54) is 12.1 Å². The first-order valence-electron chi connectivity index (χ1n) is 8.61. The summed E-state index contributed by atoms with van der Waals surface area (Å²) in [4.78, 5) is 14.1. The molecule has 2 aliphatic rings. The molecule has 0 aromatic heterocycles. The van der Waals surface area contributed by atoms with E-state index >= 15 is 0 Å². The number of piperidine rings is 1. The summed E-state index contributed by atoms with van der Waals surface area (Å²) in [6.45, 7) is 2.24. The van der Waals surface area contributed by atoms with E-state index in [1.807, 2.05) is 0 Å². The fraction of sp³-hybridized carbons (Fsp3) is 0.588. The second kappa shape index (κ2) is 7.61. The van der Waals surface area contributed by atoms with E-state index in [0.717, 1.165) is 19.3 Å². The molecule has 2 heterocycles. The number of carbonyl (C=O) groups excluding carboxylic acids is 1. The van der Waals surface area contributed by atoms with Gasteiger partial charge in [0.05, 0.1) is 23.9 Å². The van der Waals surface area contributed by atoms with Crippen molar-refractivity contribution in [3.8, 4) is 11.5 Å². The predicted octanol–water partition coefficient (Wildman–Crippen LogP) is 0.961. The van der Waals surface area contributed by atoms with Crippen LogP contribution in [0.25, 0.3) is 0 Å². The number of sulfone groups is 1. The van der Waals surface area contributed by atoms with Gasteiger partial charge in [-0.25, -0.2) is 8.42 Å². The molecule has 2 aliphatic heterocycles. The maximum absolute atomic E-state index is 12.6. The lowest BCUT2D eigenvalue weighted by molar-refractivity contribution is -0.131. The monoisotopic (exact) mass is 368 g/mol. The van der Waals surface area contributed by atoms with Crippen molar-refractivity contribution in [2.75, 3.05) is 32.1 Å². The second-order valence-electron chi connectivity index (χ2n) is 6.45. The first-order valence-corrected chi connectivity index (χ1v) is 10.3. The Labute approximate surface area is 148 Å². The summed E-state index contributed by atoms with van der Waals surface area (Å²) in [7, 11) is -3.56. The van der Waals surface area contributed by atoms with Crippen molar-refractivity contribution in [3.63, 3.8) is 0 Å². The Morgan fingerprint density at radius 3 is 2.56 bits per heavy atom. The van der Waals surface area contributed by atoms with E-state index < -0.39 is 9.84 Å². The van der Waals surface area contributed by atoms with Gasteiger partial charge < -0.3 is 20.1 Å². The fourth-order valence-electron chi connectivity index (χ4n) is 2.98. The Morgan fingerprint density at radius 1 is 1.16 bits per heavy atom. The maximum Gasteiger partial charge on any atom is 0.223 e. The third-order valence-corrected chi connectivity index (χ3v) is 6.27. The molecule has 25 heavy (non-hydrogen) atoms. The molecule has 0 aliphatic carbocycles. The highest BCUT2D eigenvalue weighted by Gasteiger charge is 2.24. The van der Waals surface area contributed by atoms with E-state index in [1.54, 1.807) is 11.0 Å². The predicted molar refractivity (Wildman–Crippen MR) is 92.5 cm³/mol. The van der Waals surface area contributed by atoms with Crippen molar-refractivity contribution in [1.82, 2.24) is 4.90 Å². The number of amides is 1. The minimum atomic E-state index is -3.56. The number of benzene rings is 1. The molecule has 138 valence electrons. The maximum atomic E-state index is 12.6. The number of carbonyl (C=O) groups is 1. The van der Waals surface area contributed by atoms with Crippen LogP contribution in [0.5, 0.6) is 11.5 Å². The Kier molecular flexibility index (Phi) is 5.48. The van der Waals surface area contributed by atoms with Crippen LogP contribution < -0.4 is 15.2 Å². The van der Waals surface area contributed by atoms with Gasteiger partial charge in [-0.1, -0.05) is 0 Å². The number of rotatable bonds is 4. The van der Waals surface area contributed by atoms with Crippen LogP contribution in [-0.2, 0) is 14.6 Å². The minimum absolute atomic E-state index is 0.0218. The lowest BCUT2D eigenvalue weighted by Crippen LogP contribution is -2.43. The molecule has 0 unspecified atom stereocenters. The lowest BCUT2D eigenvalue weighted by atomic mass is 10.1. The van der Waals surface area contributed by atoms with Gasteiger partial charge >= 0.3 is 0 Å². The van der Waals surface area contributed by atoms with Crippen molar-refractivity contribution in [3.05, 3.63) is 18.2 Å². The van der Waals surface area contributed by atoms with Crippen molar-refractivity contribution in [1.29, 1.82) is 0 Å². The zero-order valence-corrected chi connectivity index (χ0v) is 15.0. The van der Waals surface area contributed by atoms with Gasteiger partial charge in [0.15, 0.2) is 21.3 Å².